The van der Waals surface area contributed by atoms with Gasteiger partial charge in [-0.25, -0.2) is 0 Å². The van der Waals surface area contributed by atoms with Crippen LogP contribution in [0.1, 0.15) is 51.4 Å². The van der Waals surface area contributed by atoms with Gasteiger partial charge in [0.15, 0.2) is 0 Å². The maximum atomic E-state index is 11.8. The van der Waals surface area contributed by atoms with Crippen molar-refractivity contribution in [3.05, 3.63) is 42.1 Å². The van der Waals surface area contributed by atoms with Gasteiger partial charge in [-0.3, -0.25) is 0 Å². The Labute approximate surface area is 148 Å². The van der Waals surface area contributed by atoms with Crippen LogP contribution in [-0.2, 0) is 0 Å². The molecule has 2 aliphatic rings. The maximum absolute atomic E-state index is 11.8. The molecule has 1 saturated heterocycles. The van der Waals surface area contributed by atoms with E-state index in [-0.39, 0.29) is 0 Å². The molecule has 1 saturated carbocycles. The molecule has 0 spiro atoms. The van der Waals surface area contributed by atoms with Crippen LogP contribution in [0.5, 0.6) is 0 Å². The number of piperidine rings is 1. The summed E-state index contributed by atoms with van der Waals surface area (Å²) in [5, 5.41) is 1.20. The SMILES string of the molecule is C[N+]1(C/C=C/[Si](O)(c2ccccc2)C2CCCCC2)CCCCC1. The van der Waals surface area contributed by atoms with Crippen molar-refractivity contribution >= 4 is 13.5 Å². The van der Waals surface area contributed by atoms with Crippen molar-refractivity contribution in [1.82, 2.24) is 0 Å². The summed E-state index contributed by atoms with van der Waals surface area (Å²) in [5.41, 5.74) is 2.77. The Hall–Kier alpha value is -0.903. The van der Waals surface area contributed by atoms with Crippen LogP contribution in [0.2, 0.25) is 5.54 Å². The first-order valence-electron chi connectivity index (χ1n) is 9.92. The summed E-state index contributed by atoms with van der Waals surface area (Å²) in [5.74, 6) is 0. The van der Waals surface area contributed by atoms with Gasteiger partial charge in [-0.05, 0) is 36.1 Å². The highest BCUT2D eigenvalue weighted by atomic mass is 28.4. The Morgan fingerprint density at radius 1 is 1.00 bits per heavy atom. The van der Waals surface area contributed by atoms with Crippen LogP contribution >= 0.6 is 0 Å². The Morgan fingerprint density at radius 3 is 2.29 bits per heavy atom. The van der Waals surface area contributed by atoms with Crippen molar-refractivity contribution < 1.29 is 9.28 Å². The van der Waals surface area contributed by atoms with E-state index in [0.717, 1.165) is 11.0 Å². The van der Waals surface area contributed by atoms with E-state index in [1.807, 2.05) is 0 Å². The summed E-state index contributed by atoms with van der Waals surface area (Å²) in [7, 11) is -0.151. The van der Waals surface area contributed by atoms with E-state index < -0.39 is 8.32 Å². The van der Waals surface area contributed by atoms with Gasteiger partial charge in [-0.15, -0.1) is 0 Å². The van der Waals surface area contributed by atoms with Crippen molar-refractivity contribution in [2.24, 2.45) is 0 Å². The Bertz CT molecular complexity index is 532. The highest BCUT2D eigenvalue weighted by Crippen LogP contribution is 2.36. The summed E-state index contributed by atoms with van der Waals surface area (Å²) in [6, 6.07) is 10.5. The molecule has 3 heteroatoms. The summed E-state index contributed by atoms with van der Waals surface area (Å²) in [6.07, 6.45) is 12.8. The average molecular weight is 345 g/mol. The summed E-state index contributed by atoms with van der Waals surface area (Å²) < 4.78 is 1.15. The van der Waals surface area contributed by atoms with Crippen molar-refractivity contribution in [1.29, 1.82) is 0 Å². The number of quaternary nitrogens is 1. The molecule has 1 aliphatic heterocycles. The Kier molecular flexibility index (Phi) is 5.96. The predicted octanol–water partition coefficient (Wildman–Crippen LogP) is 3.89. The first-order valence-corrected chi connectivity index (χ1v) is 12.0. The topological polar surface area (TPSA) is 20.2 Å². The molecule has 24 heavy (non-hydrogen) atoms. The van der Waals surface area contributed by atoms with Crippen molar-refractivity contribution in [2.75, 3.05) is 26.7 Å². The highest BCUT2D eigenvalue weighted by Gasteiger charge is 2.40. The molecule has 0 amide bonds. The third-order valence-corrected chi connectivity index (χ3v) is 10.1. The highest BCUT2D eigenvalue weighted by molar-refractivity contribution is 6.90. The van der Waals surface area contributed by atoms with Crippen LogP contribution in [0.3, 0.4) is 0 Å². The second-order valence-electron chi connectivity index (χ2n) is 8.24. The number of likely N-dealkylation sites (tertiary alicyclic amines) is 1. The van der Waals surface area contributed by atoms with Crippen LogP contribution in [-0.4, -0.2) is 44.3 Å². The molecule has 0 aromatic heterocycles. The molecule has 2 nitrogen and oxygen atoms in total. The van der Waals surface area contributed by atoms with E-state index >= 15 is 0 Å². The van der Waals surface area contributed by atoms with Crippen LogP contribution in [0.15, 0.2) is 42.1 Å². The third kappa shape index (κ3) is 4.19. The molecule has 1 heterocycles. The second kappa shape index (κ2) is 7.98. The number of benzene rings is 1. The zero-order chi connectivity index (χ0) is 16.9. The normalized spacial score (nSPS) is 24.8. The largest absolute Gasteiger partial charge is 0.424 e. The van der Waals surface area contributed by atoms with E-state index in [9.17, 15) is 4.80 Å². The fourth-order valence-corrected chi connectivity index (χ4v) is 8.08. The van der Waals surface area contributed by atoms with Gasteiger partial charge in [0, 0.05) is 0 Å². The van der Waals surface area contributed by atoms with E-state index in [4.69, 9.17) is 0 Å². The first kappa shape index (κ1) is 17.9. The minimum atomic E-state index is -2.53. The van der Waals surface area contributed by atoms with Crippen LogP contribution in [0, 0.1) is 0 Å². The molecule has 132 valence electrons. The molecule has 0 bridgehead atoms. The molecule has 1 aromatic carbocycles. The second-order valence-corrected chi connectivity index (χ2v) is 11.6. The number of hydrogen-bond acceptors (Lipinski definition) is 1. The molecule has 0 radical (unpaired) electrons. The molecule has 1 aromatic rings. The maximum Gasteiger partial charge on any atom is 0.248 e. The van der Waals surface area contributed by atoms with Gasteiger partial charge in [0.2, 0.25) is 8.32 Å². The fourth-order valence-electron chi connectivity index (χ4n) is 4.66. The standard InChI is InChI=1S/C21H34NOSi/c1-22(16-9-4-10-17-22)18-11-19-24(23,20-12-5-2-6-13-20)21-14-7-3-8-15-21/h2,5-6,11-13,19,21,23H,3-4,7-10,14-18H2,1H3/q+1/b19-11+. The van der Waals surface area contributed by atoms with Crippen molar-refractivity contribution in [3.63, 3.8) is 0 Å². The lowest BCUT2D eigenvalue weighted by molar-refractivity contribution is -0.908. The van der Waals surface area contributed by atoms with Gasteiger partial charge in [0.25, 0.3) is 0 Å². The van der Waals surface area contributed by atoms with Crippen LogP contribution < -0.4 is 5.19 Å². The number of nitrogens with zero attached hydrogens (tertiary/aromatic N) is 1. The summed E-state index contributed by atoms with van der Waals surface area (Å²) in [4.78, 5) is 11.8. The first-order chi connectivity index (χ1) is 11.6. The smallest absolute Gasteiger partial charge is 0.248 e. The third-order valence-electron chi connectivity index (χ3n) is 6.28. The van der Waals surface area contributed by atoms with Gasteiger partial charge >= 0.3 is 0 Å². The molecule has 1 aliphatic carbocycles. The van der Waals surface area contributed by atoms with Gasteiger partial charge < -0.3 is 9.28 Å². The van der Waals surface area contributed by atoms with Crippen molar-refractivity contribution in [2.45, 2.75) is 56.9 Å². The van der Waals surface area contributed by atoms with E-state index in [1.165, 1.54) is 69.6 Å². The number of likely N-dealkylation sites (N-methyl/N-ethyl adjacent to an activating group) is 1. The van der Waals surface area contributed by atoms with Crippen LogP contribution in [0.4, 0.5) is 0 Å². The Morgan fingerprint density at radius 2 is 1.62 bits per heavy atom. The van der Waals surface area contributed by atoms with Crippen molar-refractivity contribution in [3.8, 4) is 0 Å². The lowest BCUT2D eigenvalue weighted by Crippen LogP contribution is -2.52. The quantitative estimate of drug-likeness (QED) is 0.634. The minimum Gasteiger partial charge on any atom is -0.424 e. The van der Waals surface area contributed by atoms with Gasteiger partial charge in [-0.1, -0.05) is 68.1 Å². The van der Waals surface area contributed by atoms with Gasteiger partial charge in [-0.2, -0.15) is 0 Å². The predicted molar refractivity (Wildman–Crippen MR) is 105 cm³/mol. The minimum absolute atomic E-state index is 0.497. The molecular weight excluding hydrogens is 310 g/mol. The number of hydrogen-bond donors (Lipinski definition) is 1. The molecule has 1 N–H and O–H groups in total. The molecule has 1 unspecified atom stereocenters. The zero-order valence-electron chi connectivity index (χ0n) is 15.3. The van der Waals surface area contributed by atoms with Gasteiger partial charge in [0.05, 0.1) is 26.7 Å². The molecule has 2 fully saturated rings. The summed E-state index contributed by atoms with van der Waals surface area (Å²) in [6.45, 7) is 3.66. The fraction of sp³-hybridized carbons (Fsp3) is 0.619. The number of rotatable bonds is 5. The lowest BCUT2D eigenvalue weighted by Gasteiger charge is -2.38. The molecule has 3 rings (SSSR count). The monoisotopic (exact) mass is 344 g/mol. The Balaban J connectivity index is 1.78. The van der Waals surface area contributed by atoms with E-state index in [2.05, 4.69) is 49.2 Å². The van der Waals surface area contributed by atoms with E-state index in [1.54, 1.807) is 0 Å². The van der Waals surface area contributed by atoms with E-state index in [0.29, 0.717) is 5.54 Å². The van der Waals surface area contributed by atoms with Crippen LogP contribution in [0.25, 0.3) is 0 Å². The summed E-state index contributed by atoms with van der Waals surface area (Å²) >= 11 is 0. The van der Waals surface area contributed by atoms with Gasteiger partial charge in [0.1, 0.15) is 0 Å². The average Bonchev–Trinajstić information content (AvgIpc) is 2.63. The molecule has 1 atom stereocenters. The lowest BCUT2D eigenvalue weighted by atomic mass is 10.0. The molecular formula is C21H34NOSi+. The zero-order valence-corrected chi connectivity index (χ0v) is 16.3.